The Balaban J connectivity index is 0.000000198. The average Bonchev–Trinajstić information content (AvgIpc) is 3.74. The molecule has 0 aliphatic heterocycles. The van der Waals surface area contributed by atoms with Gasteiger partial charge in [-0.05, 0) is 73.5 Å². The van der Waals surface area contributed by atoms with Crippen LogP contribution in [0.15, 0.2) is 118 Å². The second-order valence-electron chi connectivity index (χ2n) is 11.2. The number of hydrogen-bond donors (Lipinski definition) is 1. The summed E-state index contributed by atoms with van der Waals surface area (Å²) < 4.78 is 37.5. The maximum absolute atomic E-state index is 11.5. The lowest BCUT2D eigenvalue weighted by Crippen LogP contribution is -1.99. The van der Waals surface area contributed by atoms with Crippen LogP contribution in [0, 0.1) is 13.8 Å². The van der Waals surface area contributed by atoms with Crippen LogP contribution in [0.25, 0.3) is 22.3 Å². The SMILES string of the molecule is COC(=O)c1cc(COc2ccc(-c3ccccc3OC)cc2)c(C)o1.COc1ccccc1-c1ccc(OCc2cc(C(=O)O)oc2C)cc1. The molecule has 10 heteroatoms. The first-order valence-electron chi connectivity index (χ1n) is 15.9. The van der Waals surface area contributed by atoms with Crippen molar-refractivity contribution in [2.24, 2.45) is 0 Å². The Morgan fingerprint density at radius 1 is 0.588 bits per heavy atom. The Morgan fingerprint density at radius 2 is 1.00 bits per heavy atom. The minimum Gasteiger partial charge on any atom is -0.496 e. The van der Waals surface area contributed by atoms with E-state index < -0.39 is 11.9 Å². The lowest BCUT2D eigenvalue weighted by atomic mass is 10.0. The third kappa shape index (κ3) is 8.98. The Hall–Kier alpha value is -6.42. The molecule has 4 aromatic carbocycles. The third-order valence-corrected chi connectivity index (χ3v) is 7.97. The van der Waals surface area contributed by atoms with Gasteiger partial charge in [0.1, 0.15) is 47.7 Å². The van der Waals surface area contributed by atoms with E-state index in [0.717, 1.165) is 45.1 Å². The molecule has 10 nitrogen and oxygen atoms in total. The number of methoxy groups -OCH3 is 3. The predicted octanol–water partition coefficient (Wildman–Crippen LogP) is 9.17. The standard InChI is InChI=1S/C21H20O5.C20H18O5/c1-14-16(12-20(26-14)21(22)24-3)13-25-17-10-8-15(9-11-17)18-6-4-5-7-19(18)23-2;1-13-15(11-19(25-13)20(21)22)12-24-16-9-7-14(8-10-16)17-5-3-4-6-18(17)23-2/h4-12H,13H2,1-3H3;3-11H,12H2,1-2H3,(H,21,22). The van der Waals surface area contributed by atoms with Gasteiger partial charge in [0.25, 0.3) is 0 Å². The highest BCUT2D eigenvalue weighted by molar-refractivity contribution is 5.86. The number of ether oxygens (including phenoxy) is 5. The monoisotopic (exact) mass is 690 g/mol. The van der Waals surface area contributed by atoms with Gasteiger partial charge >= 0.3 is 11.9 Å². The van der Waals surface area contributed by atoms with Gasteiger partial charge < -0.3 is 37.6 Å². The van der Waals surface area contributed by atoms with E-state index in [-0.39, 0.29) is 18.1 Å². The molecule has 0 aliphatic rings. The number of aryl methyl sites for hydroxylation is 2. The van der Waals surface area contributed by atoms with Crippen molar-refractivity contribution in [1.29, 1.82) is 0 Å². The van der Waals surface area contributed by atoms with Gasteiger partial charge in [-0.2, -0.15) is 0 Å². The van der Waals surface area contributed by atoms with Gasteiger partial charge in [-0.15, -0.1) is 0 Å². The van der Waals surface area contributed by atoms with Gasteiger partial charge in [-0.3, -0.25) is 0 Å². The zero-order valence-electron chi connectivity index (χ0n) is 28.9. The van der Waals surface area contributed by atoms with Gasteiger partial charge in [-0.25, -0.2) is 9.59 Å². The second-order valence-corrected chi connectivity index (χ2v) is 11.2. The third-order valence-electron chi connectivity index (χ3n) is 7.97. The summed E-state index contributed by atoms with van der Waals surface area (Å²) in [5.74, 6) is 2.74. The van der Waals surface area contributed by atoms with Gasteiger partial charge in [0.05, 0.1) is 21.3 Å². The molecule has 0 radical (unpaired) electrons. The highest BCUT2D eigenvalue weighted by Crippen LogP contribution is 2.32. The van der Waals surface area contributed by atoms with Crippen molar-refractivity contribution >= 4 is 11.9 Å². The van der Waals surface area contributed by atoms with Crippen LogP contribution in [0.5, 0.6) is 23.0 Å². The number of benzene rings is 4. The maximum Gasteiger partial charge on any atom is 0.373 e. The molecule has 0 amide bonds. The molecule has 0 fully saturated rings. The first-order chi connectivity index (χ1) is 24.7. The lowest BCUT2D eigenvalue weighted by Gasteiger charge is -2.10. The van der Waals surface area contributed by atoms with Crippen molar-refractivity contribution in [2.45, 2.75) is 27.1 Å². The molecule has 0 unspecified atom stereocenters. The maximum atomic E-state index is 11.5. The number of rotatable bonds is 12. The van der Waals surface area contributed by atoms with E-state index in [1.54, 1.807) is 34.1 Å². The molecule has 2 aromatic heterocycles. The number of esters is 1. The van der Waals surface area contributed by atoms with Crippen LogP contribution in [-0.2, 0) is 18.0 Å². The molecule has 1 N–H and O–H groups in total. The van der Waals surface area contributed by atoms with E-state index in [1.165, 1.54) is 13.2 Å². The predicted molar refractivity (Wildman–Crippen MR) is 191 cm³/mol. The number of hydrogen-bond acceptors (Lipinski definition) is 9. The summed E-state index contributed by atoms with van der Waals surface area (Å²) in [4.78, 5) is 22.4. The van der Waals surface area contributed by atoms with Crippen LogP contribution >= 0.6 is 0 Å². The molecule has 0 saturated heterocycles. The summed E-state index contributed by atoms with van der Waals surface area (Å²) in [7, 11) is 4.63. The van der Waals surface area contributed by atoms with Crippen LogP contribution in [0.1, 0.15) is 43.8 Å². The molecule has 0 saturated carbocycles. The minimum atomic E-state index is -1.09. The van der Waals surface area contributed by atoms with E-state index in [1.807, 2.05) is 97.1 Å². The summed E-state index contributed by atoms with van der Waals surface area (Å²) in [6.07, 6.45) is 0. The van der Waals surface area contributed by atoms with Crippen molar-refractivity contribution in [1.82, 2.24) is 0 Å². The topological polar surface area (TPSA) is 127 Å². The van der Waals surface area contributed by atoms with Crippen LogP contribution in [-0.4, -0.2) is 38.4 Å². The number of furan rings is 2. The van der Waals surface area contributed by atoms with Crippen molar-refractivity contribution in [3.05, 3.63) is 143 Å². The van der Waals surface area contributed by atoms with E-state index in [4.69, 9.17) is 32.9 Å². The minimum absolute atomic E-state index is 0.0809. The number of aromatic carboxylic acids is 1. The van der Waals surface area contributed by atoms with Crippen LogP contribution < -0.4 is 18.9 Å². The zero-order valence-corrected chi connectivity index (χ0v) is 28.9. The average molecular weight is 691 g/mol. The number of carboxylic acids is 1. The molecule has 262 valence electrons. The normalized spacial score (nSPS) is 10.5. The largest absolute Gasteiger partial charge is 0.496 e. The Morgan fingerprint density at radius 3 is 1.39 bits per heavy atom. The molecule has 0 atom stereocenters. The smallest absolute Gasteiger partial charge is 0.373 e. The Labute approximate surface area is 295 Å². The van der Waals surface area contributed by atoms with Crippen LogP contribution in [0.2, 0.25) is 0 Å². The van der Waals surface area contributed by atoms with Crippen LogP contribution in [0.3, 0.4) is 0 Å². The lowest BCUT2D eigenvalue weighted by molar-refractivity contribution is 0.0563. The quantitative estimate of drug-likeness (QED) is 0.124. The highest BCUT2D eigenvalue weighted by atomic mass is 16.5. The van der Waals surface area contributed by atoms with E-state index in [2.05, 4.69) is 4.74 Å². The molecular formula is C41H38O10. The van der Waals surface area contributed by atoms with Crippen molar-refractivity contribution in [3.63, 3.8) is 0 Å². The number of carboxylic acid groups (broad SMARTS) is 1. The molecular weight excluding hydrogens is 652 g/mol. The number of carbonyl (C=O) groups is 2. The summed E-state index contributed by atoms with van der Waals surface area (Å²) >= 11 is 0. The van der Waals surface area contributed by atoms with Crippen molar-refractivity contribution in [3.8, 4) is 45.3 Å². The fourth-order valence-corrected chi connectivity index (χ4v) is 5.18. The number of para-hydroxylation sites is 2. The van der Waals surface area contributed by atoms with E-state index in [9.17, 15) is 9.59 Å². The van der Waals surface area contributed by atoms with Crippen molar-refractivity contribution in [2.75, 3.05) is 21.3 Å². The molecule has 6 aromatic rings. The van der Waals surface area contributed by atoms with Crippen molar-refractivity contribution < 1.29 is 47.2 Å². The van der Waals surface area contributed by atoms with Gasteiger partial charge in [0, 0.05) is 22.3 Å². The Kier molecular flexibility index (Phi) is 11.8. The highest BCUT2D eigenvalue weighted by Gasteiger charge is 2.16. The second kappa shape index (κ2) is 16.8. The first-order valence-corrected chi connectivity index (χ1v) is 15.9. The summed E-state index contributed by atoms with van der Waals surface area (Å²) in [5, 5.41) is 8.94. The molecule has 6 rings (SSSR count). The summed E-state index contributed by atoms with van der Waals surface area (Å²) in [6, 6.07) is 34.2. The molecule has 0 spiro atoms. The fourth-order valence-electron chi connectivity index (χ4n) is 5.18. The molecule has 51 heavy (non-hydrogen) atoms. The van der Waals surface area contributed by atoms with E-state index in [0.29, 0.717) is 29.4 Å². The zero-order chi connectivity index (χ0) is 36.3. The Bertz CT molecular complexity index is 2070. The van der Waals surface area contributed by atoms with Gasteiger partial charge in [0.15, 0.2) is 0 Å². The van der Waals surface area contributed by atoms with Gasteiger partial charge in [-0.1, -0.05) is 60.7 Å². The molecule has 0 bridgehead atoms. The fraction of sp³-hybridized carbons (Fsp3) is 0.171. The van der Waals surface area contributed by atoms with Crippen LogP contribution in [0.4, 0.5) is 0 Å². The molecule has 0 aliphatic carbocycles. The van der Waals surface area contributed by atoms with Gasteiger partial charge in [0.2, 0.25) is 11.5 Å². The summed E-state index contributed by atoms with van der Waals surface area (Å²) in [6.45, 7) is 4.06. The first kappa shape index (κ1) is 35.9. The molecule has 2 heterocycles. The summed E-state index contributed by atoms with van der Waals surface area (Å²) in [5.41, 5.74) is 5.62. The van der Waals surface area contributed by atoms with E-state index >= 15 is 0 Å². The number of carbonyl (C=O) groups excluding carboxylic acids is 1.